The summed E-state index contributed by atoms with van der Waals surface area (Å²) in [5.41, 5.74) is 2.57. The summed E-state index contributed by atoms with van der Waals surface area (Å²) in [5, 5.41) is 23.4. The van der Waals surface area contributed by atoms with E-state index >= 15 is 0 Å². The molecule has 4 aliphatic rings. The number of allylic oxidation sites excluding steroid dienone is 1. The van der Waals surface area contributed by atoms with Gasteiger partial charge in [-0.15, -0.1) is 0 Å². The summed E-state index contributed by atoms with van der Waals surface area (Å²) in [6, 6.07) is 0. The van der Waals surface area contributed by atoms with E-state index in [4.69, 9.17) is 19.8 Å². The van der Waals surface area contributed by atoms with Crippen LogP contribution in [0.5, 0.6) is 0 Å². The van der Waals surface area contributed by atoms with Gasteiger partial charge < -0.3 is 20.4 Å². The molecule has 0 aliphatic heterocycles. The molecule has 13 heteroatoms. The Bertz CT molecular complexity index is 1140. The van der Waals surface area contributed by atoms with Gasteiger partial charge in [0.1, 0.15) is 0 Å². The van der Waals surface area contributed by atoms with Gasteiger partial charge in [-0.3, -0.25) is 14.4 Å². The van der Waals surface area contributed by atoms with E-state index in [2.05, 4.69) is 24.3 Å². The second-order valence-corrected chi connectivity index (χ2v) is 12.8. The number of carboxylic acids is 2. The molecule has 10 nitrogen and oxygen atoms in total. The molecule has 0 aromatic rings. The number of fused-ring (bicyclic) bond motifs is 5. The van der Waals surface area contributed by atoms with Crippen LogP contribution in [0.15, 0.2) is 16.8 Å². The SMILES string of the molecule is CNCCN(CCC(=O)O)C(=O)O/N=C(\C)[C@H]1CC[C@H]2[C@@H]3CCC4=CC(=O)CC[C@]4(C)[C@H]3CC[C@]12C.O=C(O)C(F)(F)F. The number of aliphatic carboxylic acids is 2. The van der Waals surface area contributed by atoms with Crippen LogP contribution in [0, 0.1) is 34.5 Å². The lowest BCUT2D eigenvalue weighted by molar-refractivity contribution is -0.192. The van der Waals surface area contributed by atoms with Gasteiger partial charge in [-0.25, -0.2) is 9.59 Å². The van der Waals surface area contributed by atoms with E-state index in [9.17, 15) is 27.6 Å². The number of rotatable bonds is 8. The first-order chi connectivity index (χ1) is 20.0. The molecule has 3 fully saturated rings. The highest BCUT2D eigenvalue weighted by molar-refractivity contribution is 5.91. The van der Waals surface area contributed by atoms with Crippen LogP contribution in [0.25, 0.3) is 0 Å². The average molecular weight is 616 g/mol. The van der Waals surface area contributed by atoms with E-state index in [0.717, 1.165) is 31.4 Å². The molecule has 3 saturated carbocycles. The number of hydrogen-bond donors (Lipinski definition) is 3. The Balaban J connectivity index is 0.000000646. The molecule has 43 heavy (non-hydrogen) atoms. The maximum atomic E-state index is 12.7. The third-order valence-corrected chi connectivity index (χ3v) is 10.5. The first-order valence-electron chi connectivity index (χ1n) is 15.0. The fraction of sp³-hybridized carbons (Fsp3) is 0.767. The molecule has 4 rings (SSSR count). The molecule has 4 aliphatic carbocycles. The van der Waals surface area contributed by atoms with Gasteiger partial charge in [-0.2, -0.15) is 13.2 Å². The van der Waals surface area contributed by atoms with Crippen molar-refractivity contribution in [3.8, 4) is 0 Å². The van der Waals surface area contributed by atoms with Crippen LogP contribution >= 0.6 is 0 Å². The fourth-order valence-electron chi connectivity index (χ4n) is 8.25. The molecule has 0 heterocycles. The molecule has 0 aromatic carbocycles. The van der Waals surface area contributed by atoms with Gasteiger partial charge in [-0.05, 0) is 93.6 Å². The van der Waals surface area contributed by atoms with E-state index in [1.165, 1.54) is 29.7 Å². The van der Waals surface area contributed by atoms with Crippen molar-refractivity contribution < 1.29 is 47.4 Å². The summed E-state index contributed by atoms with van der Waals surface area (Å²) in [4.78, 5) is 51.4. The monoisotopic (exact) mass is 615 g/mol. The van der Waals surface area contributed by atoms with Gasteiger partial charge in [0.25, 0.3) is 0 Å². The first kappa shape index (κ1) is 34.5. The van der Waals surface area contributed by atoms with Crippen molar-refractivity contribution in [3.63, 3.8) is 0 Å². The molecule has 0 unspecified atom stereocenters. The molecule has 0 spiro atoms. The highest BCUT2D eigenvalue weighted by Crippen LogP contribution is 2.66. The topological polar surface area (TPSA) is 146 Å². The van der Waals surface area contributed by atoms with Crippen LogP contribution in [-0.2, 0) is 19.2 Å². The Morgan fingerprint density at radius 3 is 2.35 bits per heavy atom. The number of nitrogens with one attached hydrogen (secondary N) is 1. The number of alkyl halides is 3. The lowest BCUT2D eigenvalue weighted by atomic mass is 9.46. The molecule has 0 bridgehead atoms. The summed E-state index contributed by atoms with van der Waals surface area (Å²) in [5.74, 6) is -1.18. The van der Waals surface area contributed by atoms with Crippen LogP contribution in [0.1, 0.15) is 78.6 Å². The third-order valence-electron chi connectivity index (χ3n) is 10.5. The van der Waals surface area contributed by atoms with Crippen molar-refractivity contribution in [1.82, 2.24) is 10.2 Å². The van der Waals surface area contributed by atoms with Crippen molar-refractivity contribution in [1.29, 1.82) is 0 Å². The fourth-order valence-corrected chi connectivity index (χ4v) is 8.25. The van der Waals surface area contributed by atoms with Gasteiger partial charge in [0.2, 0.25) is 0 Å². The highest BCUT2D eigenvalue weighted by Gasteiger charge is 2.59. The number of likely N-dealkylation sites (N-methyl/N-ethyl adjacent to an activating group) is 1. The summed E-state index contributed by atoms with van der Waals surface area (Å²) in [6.45, 7) is 7.81. The van der Waals surface area contributed by atoms with E-state index < -0.39 is 24.2 Å². The van der Waals surface area contributed by atoms with Crippen molar-refractivity contribution >= 4 is 29.5 Å². The van der Waals surface area contributed by atoms with Gasteiger partial charge >= 0.3 is 24.2 Å². The predicted molar refractivity (Wildman–Crippen MR) is 151 cm³/mol. The van der Waals surface area contributed by atoms with E-state index in [0.29, 0.717) is 43.0 Å². The third kappa shape index (κ3) is 7.77. The Morgan fingerprint density at radius 2 is 1.74 bits per heavy atom. The smallest absolute Gasteiger partial charge is 0.481 e. The van der Waals surface area contributed by atoms with Crippen LogP contribution in [0.3, 0.4) is 0 Å². The minimum atomic E-state index is -5.08. The molecular weight excluding hydrogens is 571 g/mol. The van der Waals surface area contributed by atoms with Crippen LogP contribution in [0.2, 0.25) is 0 Å². The largest absolute Gasteiger partial charge is 0.490 e. The van der Waals surface area contributed by atoms with E-state index in [1.807, 2.05) is 13.0 Å². The van der Waals surface area contributed by atoms with Crippen molar-refractivity contribution in [2.45, 2.75) is 84.7 Å². The van der Waals surface area contributed by atoms with Gasteiger partial charge in [-0.1, -0.05) is 24.6 Å². The number of nitrogens with zero attached hydrogens (tertiary/aromatic N) is 2. The number of amides is 1. The Hall–Kier alpha value is -2.96. The second-order valence-electron chi connectivity index (χ2n) is 12.8. The van der Waals surface area contributed by atoms with E-state index in [-0.39, 0.29) is 29.7 Å². The van der Waals surface area contributed by atoms with E-state index in [1.54, 1.807) is 7.05 Å². The Morgan fingerprint density at radius 1 is 1.07 bits per heavy atom. The van der Waals surface area contributed by atoms with Gasteiger partial charge in [0.05, 0.1) is 12.1 Å². The molecular formula is C30H44F3N3O7. The minimum Gasteiger partial charge on any atom is -0.481 e. The summed E-state index contributed by atoms with van der Waals surface area (Å²) in [6.07, 6.45) is 4.58. The average Bonchev–Trinajstić information content (AvgIpc) is 3.29. The van der Waals surface area contributed by atoms with Gasteiger partial charge in [0, 0.05) is 32.0 Å². The van der Waals surface area contributed by atoms with Crippen molar-refractivity contribution in [2.75, 3.05) is 26.7 Å². The maximum absolute atomic E-state index is 12.7. The zero-order valence-corrected chi connectivity index (χ0v) is 25.3. The molecule has 0 radical (unpaired) electrons. The van der Waals surface area contributed by atoms with Crippen molar-refractivity contribution in [2.24, 2.45) is 39.7 Å². The lowest BCUT2D eigenvalue weighted by Gasteiger charge is -2.58. The van der Waals surface area contributed by atoms with Crippen LogP contribution in [-0.4, -0.2) is 77.5 Å². The Labute approximate surface area is 250 Å². The zero-order chi connectivity index (χ0) is 32.2. The molecule has 0 aromatic heterocycles. The number of carbonyl (C=O) groups excluding carboxylic acids is 2. The van der Waals surface area contributed by atoms with Crippen LogP contribution in [0.4, 0.5) is 18.0 Å². The molecule has 3 N–H and O–H groups in total. The zero-order valence-electron chi connectivity index (χ0n) is 25.3. The summed E-state index contributed by atoms with van der Waals surface area (Å²) < 4.78 is 31.7. The Kier molecular flexibility index (Phi) is 11.1. The molecule has 6 atom stereocenters. The summed E-state index contributed by atoms with van der Waals surface area (Å²) in [7, 11) is 1.78. The maximum Gasteiger partial charge on any atom is 0.490 e. The number of carbonyl (C=O) groups is 4. The minimum absolute atomic E-state index is 0.0947. The van der Waals surface area contributed by atoms with Crippen LogP contribution < -0.4 is 5.32 Å². The van der Waals surface area contributed by atoms with Gasteiger partial charge in [0.15, 0.2) is 5.78 Å². The quantitative estimate of drug-likeness (QED) is 0.190. The lowest BCUT2D eigenvalue weighted by Crippen LogP contribution is -2.51. The number of oxime groups is 1. The number of ketones is 1. The normalized spacial score (nSPS) is 31.8. The standard InChI is InChI=1S/C28H43N3O5.C2HF3O2/c1-18(30-36-26(35)31(16-14-29-4)15-11-25(33)34)22-7-8-23-21-6-5-19-17-20(32)9-12-27(19,2)24(21)10-13-28(22,23)3;3-2(4,5)1(6)7/h17,21-24,29H,5-16H2,1-4H3,(H,33,34);(H,6,7)/b30-18+;/t21-,22+,23-,24-,27-,28+;/m0./s1. The number of carboxylic acid groups (broad SMARTS) is 2. The number of hydrogen-bond acceptors (Lipinski definition) is 7. The van der Waals surface area contributed by atoms with Crippen molar-refractivity contribution in [3.05, 3.63) is 11.6 Å². The first-order valence-corrected chi connectivity index (χ1v) is 15.0. The highest BCUT2D eigenvalue weighted by atomic mass is 19.4. The summed E-state index contributed by atoms with van der Waals surface area (Å²) >= 11 is 0. The molecule has 242 valence electrons. The molecule has 1 amide bonds. The predicted octanol–water partition coefficient (Wildman–Crippen LogP) is 5.28. The second kappa shape index (κ2) is 13.8. The number of halogens is 3. The molecule has 0 saturated heterocycles.